The summed E-state index contributed by atoms with van der Waals surface area (Å²) in [5.74, 6) is 0.109. The lowest BCUT2D eigenvalue weighted by atomic mass is 9.77. The lowest BCUT2D eigenvalue weighted by Crippen LogP contribution is -2.29. The number of nitrogens with one attached hydrogen (secondary N) is 1. The molecule has 3 heteroatoms. The number of hydrogen-bond acceptors (Lipinski definition) is 1. The molecule has 0 bridgehead atoms. The average molecular weight is 283 g/mol. The van der Waals surface area contributed by atoms with Crippen molar-refractivity contribution >= 4 is 5.69 Å². The molecule has 1 heterocycles. The van der Waals surface area contributed by atoms with E-state index in [0.29, 0.717) is 11.6 Å². The van der Waals surface area contributed by atoms with Crippen LogP contribution in [0.2, 0.25) is 0 Å². The highest BCUT2D eigenvalue weighted by molar-refractivity contribution is 5.60. The molecular weight excluding hydrogens is 268 g/mol. The minimum Gasteiger partial charge on any atom is -0.375 e. The topological polar surface area (TPSA) is 12.0 Å². The first kappa shape index (κ1) is 12.6. The Morgan fingerprint density at radius 3 is 2.62 bits per heavy atom. The first-order valence-corrected chi connectivity index (χ1v) is 7.21. The van der Waals surface area contributed by atoms with E-state index >= 15 is 0 Å². The molecule has 3 unspecified atom stereocenters. The van der Waals surface area contributed by atoms with Crippen LogP contribution in [0.5, 0.6) is 0 Å². The molecule has 0 spiro atoms. The Morgan fingerprint density at radius 1 is 1.00 bits per heavy atom. The lowest BCUT2D eigenvalue weighted by molar-refractivity contribution is 0.420. The summed E-state index contributed by atoms with van der Waals surface area (Å²) >= 11 is 0. The van der Waals surface area contributed by atoms with Crippen molar-refractivity contribution in [2.24, 2.45) is 5.92 Å². The molecular formula is C18H15F2N. The van der Waals surface area contributed by atoms with Crippen LogP contribution in [-0.4, -0.2) is 0 Å². The van der Waals surface area contributed by atoms with E-state index < -0.39 is 0 Å². The summed E-state index contributed by atoms with van der Waals surface area (Å²) in [6, 6.07) is 11.7. The molecule has 2 aliphatic rings. The summed E-state index contributed by atoms with van der Waals surface area (Å²) in [4.78, 5) is 0. The zero-order chi connectivity index (χ0) is 14.4. The summed E-state index contributed by atoms with van der Waals surface area (Å²) in [5.41, 5.74) is 2.61. The van der Waals surface area contributed by atoms with Gasteiger partial charge in [-0.15, -0.1) is 0 Å². The van der Waals surface area contributed by atoms with Crippen LogP contribution >= 0.6 is 0 Å². The molecule has 2 aromatic rings. The summed E-state index contributed by atoms with van der Waals surface area (Å²) in [6.07, 6.45) is 5.28. The highest BCUT2D eigenvalue weighted by Crippen LogP contribution is 2.50. The van der Waals surface area contributed by atoms with Gasteiger partial charge in [-0.3, -0.25) is 0 Å². The molecule has 3 atom stereocenters. The fourth-order valence-corrected chi connectivity index (χ4v) is 3.58. The lowest BCUT2D eigenvalue weighted by Gasteiger charge is -2.37. The van der Waals surface area contributed by atoms with Crippen molar-refractivity contribution in [3.05, 3.63) is 77.4 Å². The fourth-order valence-electron chi connectivity index (χ4n) is 3.58. The molecule has 1 nitrogen and oxygen atoms in total. The Balaban J connectivity index is 1.81. The van der Waals surface area contributed by atoms with Gasteiger partial charge in [-0.1, -0.05) is 36.4 Å². The van der Waals surface area contributed by atoms with Gasteiger partial charge in [0.25, 0.3) is 0 Å². The van der Waals surface area contributed by atoms with Gasteiger partial charge in [0, 0.05) is 5.92 Å². The number of hydrogen-bond donors (Lipinski definition) is 1. The van der Waals surface area contributed by atoms with Gasteiger partial charge in [0.2, 0.25) is 0 Å². The second-order valence-electron chi connectivity index (χ2n) is 5.73. The molecule has 4 rings (SSSR count). The summed E-state index contributed by atoms with van der Waals surface area (Å²) in [7, 11) is 0. The maximum atomic E-state index is 14.1. The zero-order valence-electron chi connectivity index (χ0n) is 11.4. The van der Waals surface area contributed by atoms with Crippen molar-refractivity contribution < 1.29 is 8.78 Å². The molecule has 0 saturated heterocycles. The molecule has 1 aliphatic heterocycles. The van der Waals surface area contributed by atoms with Gasteiger partial charge >= 0.3 is 0 Å². The van der Waals surface area contributed by atoms with Crippen molar-refractivity contribution in [2.75, 3.05) is 5.32 Å². The Labute approximate surface area is 122 Å². The molecule has 21 heavy (non-hydrogen) atoms. The van der Waals surface area contributed by atoms with Crippen LogP contribution < -0.4 is 5.32 Å². The van der Waals surface area contributed by atoms with Gasteiger partial charge in [0.05, 0.1) is 11.7 Å². The van der Waals surface area contributed by atoms with E-state index in [4.69, 9.17) is 0 Å². The maximum Gasteiger partial charge on any atom is 0.146 e. The predicted molar refractivity (Wildman–Crippen MR) is 79.2 cm³/mol. The average Bonchev–Trinajstić information content (AvgIpc) is 2.98. The van der Waals surface area contributed by atoms with Crippen LogP contribution in [0.1, 0.15) is 29.5 Å². The van der Waals surface area contributed by atoms with E-state index in [9.17, 15) is 8.78 Å². The van der Waals surface area contributed by atoms with Gasteiger partial charge < -0.3 is 5.32 Å². The molecule has 1 N–H and O–H groups in total. The molecule has 0 amide bonds. The second-order valence-corrected chi connectivity index (χ2v) is 5.73. The van der Waals surface area contributed by atoms with E-state index in [1.54, 1.807) is 18.2 Å². The quantitative estimate of drug-likeness (QED) is 0.742. The smallest absolute Gasteiger partial charge is 0.146 e. The Morgan fingerprint density at radius 2 is 1.81 bits per heavy atom. The first-order chi connectivity index (χ1) is 10.2. The monoisotopic (exact) mass is 283 g/mol. The fraction of sp³-hybridized carbons (Fsp3) is 0.222. The van der Waals surface area contributed by atoms with E-state index in [0.717, 1.165) is 17.5 Å². The molecule has 0 saturated carbocycles. The Kier molecular flexibility index (Phi) is 2.81. The van der Waals surface area contributed by atoms with E-state index in [1.165, 1.54) is 18.2 Å². The molecule has 0 aromatic heterocycles. The molecule has 0 radical (unpaired) electrons. The Hall–Kier alpha value is -2.16. The summed E-state index contributed by atoms with van der Waals surface area (Å²) in [6.45, 7) is 0. The van der Waals surface area contributed by atoms with Gasteiger partial charge in [-0.05, 0) is 41.7 Å². The number of fused-ring (bicyclic) bond motifs is 3. The second kappa shape index (κ2) is 4.69. The van der Waals surface area contributed by atoms with E-state index in [2.05, 4.69) is 17.5 Å². The summed E-state index contributed by atoms with van der Waals surface area (Å²) in [5, 5.41) is 3.33. The van der Waals surface area contributed by atoms with Crippen LogP contribution in [0.15, 0.2) is 54.6 Å². The molecule has 2 aromatic carbocycles. The molecule has 0 fully saturated rings. The third kappa shape index (κ3) is 1.96. The third-order valence-corrected chi connectivity index (χ3v) is 4.58. The van der Waals surface area contributed by atoms with E-state index in [1.807, 2.05) is 6.07 Å². The van der Waals surface area contributed by atoms with Gasteiger partial charge in [-0.25, -0.2) is 8.78 Å². The Bertz CT molecular complexity index is 706. The number of rotatable bonds is 1. The van der Waals surface area contributed by atoms with Crippen LogP contribution in [0, 0.1) is 17.6 Å². The van der Waals surface area contributed by atoms with Crippen LogP contribution in [-0.2, 0) is 0 Å². The number of para-hydroxylation sites is 1. The van der Waals surface area contributed by atoms with E-state index in [-0.39, 0.29) is 23.6 Å². The molecule has 1 aliphatic carbocycles. The summed E-state index contributed by atoms with van der Waals surface area (Å²) < 4.78 is 27.3. The maximum absolute atomic E-state index is 14.1. The highest BCUT2D eigenvalue weighted by atomic mass is 19.1. The van der Waals surface area contributed by atoms with Crippen LogP contribution in [0.3, 0.4) is 0 Å². The number of allylic oxidation sites excluding steroid dienone is 2. The van der Waals surface area contributed by atoms with Gasteiger partial charge in [0.15, 0.2) is 0 Å². The number of benzene rings is 2. The third-order valence-electron chi connectivity index (χ3n) is 4.58. The zero-order valence-corrected chi connectivity index (χ0v) is 11.4. The molecule has 106 valence electrons. The van der Waals surface area contributed by atoms with Crippen molar-refractivity contribution in [2.45, 2.75) is 18.4 Å². The van der Waals surface area contributed by atoms with Crippen molar-refractivity contribution in [1.29, 1.82) is 0 Å². The number of anilines is 1. The SMILES string of the molecule is Fc1ccc(C2Nc3c(F)cccc3C3C=CCC32)cc1. The normalized spacial score (nSPS) is 26.1. The highest BCUT2D eigenvalue weighted by Gasteiger charge is 2.38. The van der Waals surface area contributed by atoms with Crippen LogP contribution in [0.4, 0.5) is 14.5 Å². The van der Waals surface area contributed by atoms with Gasteiger partial charge in [-0.2, -0.15) is 0 Å². The first-order valence-electron chi connectivity index (χ1n) is 7.21. The predicted octanol–water partition coefficient (Wildman–Crippen LogP) is 4.79. The van der Waals surface area contributed by atoms with Crippen molar-refractivity contribution in [3.8, 4) is 0 Å². The largest absolute Gasteiger partial charge is 0.375 e. The minimum atomic E-state index is -0.248. The van der Waals surface area contributed by atoms with Gasteiger partial charge in [0.1, 0.15) is 11.6 Å². The van der Waals surface area contributed by atoms with Crippen molar-refractivity contribution in [1.82, 2.24) is 0 Å². The standard InChI is InChI=1S/C18H15F2N/c19-12-9-7-11(8-10-12)17-14-4-1-3-13(14)15-5-2-6-16(20)18(15)21-17/h1-3,5-10,13-14,17,21H,4H2. The van der Waals surface area contributed by atoms with Crippen LogP contribution in [0.25, 0.3) is 0 Å². The number of halogens is 2. The minimum absolute atomic E-state index is 0.00926. The van der Waals surface area contributed by atoms with Crippen molar-refractivity contribution in [3.63, 3.8) is 0 Å².